The minimum atomic E-state index is 0. The highest BCUT2D eigenvalue weighted by atomic mass is 16.1. The van der Waals surface area contributed by atoms with Crippen LogP contribution in [0.15, 0.2) is 0 Å². The zero-order valence-corrected chi connectivity index (χ0v) is 8.35. The maximum Gasteiger partial charge on any atom is 0.119 e. The maximum absolute atomic E-state index is 9.98. The first-order valence-electron chi connectivity index (χ1n) is 5.35. The minimum Gasteiger partial charge on any atom is -0.303 e. The van der Waals surface area contributed by atoms with Crippen molar-refractivity contribution in [3.63, 3.8) is 0 Å². The monoisotopic (exact) mass is 186 g/mol. The van der Waals surface area contributed by atoms with E-state index in [1.54, 1.807) is 0 Å². The molecule has 0 bridgehead atoms. The largest absolute Gasteiger partial charge is 0.303 e. The van der Waals surface area contributed by atoms with Crippen LogP contribution >= 0.6 is 0 Å². The molecule has 0 saturated carbocycles. The Labute approximate surface area is 83.9 Å². The molecule has 0 aromatic rings. The van der Waals surface area contributed by atoms with E-state index in [9.17, 15) is 4.79 Å². The van der Waals surface area contributed by atoms with Crippen molar-refractivity contribution in [2.75, 3.05) is 0 Å². The van der Waals surface area contributed by atoms with Gasteiger partial charge in [0.1, 0.15) is 6.29 Å². The number of unbranched alkanes of at least 4 members (excludes halogenated alkanes) is 8. The fourth-order valence-corrected chi connectivity index (χ4v) is 1.36. The summed E-state index contributed by atoms with van der Waals surface area (Å²) in [5, 5.41) is 0. The highest BCUT2D eigenvalue weighted by Gasteiger charge is 1.90. The number of carbonyl (C=O) groups is 1. The normalized spacial score (nSPS) is 9.31. The van der Waals surface area contributed by atoms with Crippen LogP contribution in [0.4, 0.5) is 0 Å². The highest BCUT2D eigenvalue weighted by Crippen LogP contribution is 2.08. The van der Waals surface area contributed by atoms with Crippen LogP contribution < -0.4 is 0 Å². The van der Waals surface area contributed by atoms with Gasteiger partial charge in [-0.3, -0.25) is 0 Å². The molecule has 0 rings (SSSR count). The molecule has 0 saturated heterocycles. The van der Waals surface area contributed by atoms with Crippen molar-refractivity contribution >= 4 is 6.29 Å². The van der Waals surface area contributed by atoms with Gasteiger partial charge in [-0.2, -0.15) is 0 Å². The fourth-order valence-electron chi connectivity index (χ4n) is 1.36. The maximum atomic E-state index is 9.98. The summed E-state index contributed by atoms with van der Waals surface area (Å²) in [5.74, 6) is 0. The lowest BCUT2D eigenvalue weighted by molar-refractivity contribution is -0.107. The Morgan fingerprint density at radius 1 is 0.846 bits per heavy atom. The molecule has 0 aliphatic rings. The number of carbonyl (C=O) groups excluding carboxylic acids is 1. The average molecular weight is 186 g/mol. The third-order valence-electron chi connectivity index (χ3n) is 2.18. The predicted octanol–water partition coefficient (Wildman–Crippen LogP) is 4.35. The van der Waals surface area contributed by atoms with Crippen molar-refractivity contribution < 1.29 is 4.79 Å². The van der Waals surface area contributed by atoms with Crippen molar-refractivity contribution in [2.24, 2.45) is 0 Å². The molecular weight excluding hydrogens is 160 g/mol. The highest BCUT2D eigenvalue weighted by molar-refractivity contribution is 5.48. The molecule has 80 valence electrons. The lowest BCUT2D eigenvalue weighted by atomic mass is 10.1. The first kappa shape index (κ1) is 15.2. The van der Waals surface area contributed by atoms with Crippen LogP contribution in [0, 0.1) is 0 Å². The summed E-state index contributed by atoms with van der Waals surface area (Å²) in [6.07, 6.45) is 12.3. The van der Waals surface area contributed by atoms with Gasteiger partial charge in [-0.05, 0) is 6.42 Å². The van der Waals surface area contributed by atoms with Crippen LogP contribution in [0.3, 0.4) is 0 Å². The molecule has 1 nitrogen and oxygen atoms in total. The van der Waals surface area contributed by atoms with Crippen LogP contribution in [0.2, 0.25) is 0 Å². The van der Waals surface area contributed by atoms with Crippen molar-refractivity contribution in [1.82, 2.24) is 0 Å². The van der Waals surface area contributed by atoms with Crippen molar-refractivity contribution in [3.05, 3.63) is 0 Å². The van der Waals surface area contributed by atoms with Crippen LogP contribution in [-0.2, 0) is 4.79 Å². The summed E-state index contributed by atoms with van der Waals surface area (Å²) in [7, 11) is 0. The van der Waals surface area contributed by atoms with Crippen molar-refractivity contribution in [3.8, 4) is 0 Å². The van der Waals surface area contributed by atoms with E-state index in [0.717, 1.165) is 19.1 Å². The van der Waals surface area contributed by atoms with Gasteiger partial charge in [0.25, 0.3) is 0 Å². The molecule has 0 aliphatic carbocycles. The van der Waals surface area contributed by atoms with Crippen molar-refractivity contribution in [2.45, 2.75) is 72.1 Å². The van der Waals surface area contributed by atoms with Crippen LogP contribution in [0.25, 0.3) is 0 Å². The van der Waals surface area contributed by atoms with E-state index in [1.165, 1.54) is 44.9 Å². The predicted molar refractivity (Wildman–Crippen MR) is 60.0 cm³/mol. The Kier molecular flexibility index (Phi) is 16.6. The van der Waals surface area contributed by atoms with Crippen molar-refractivity contribution in [1.29, 1.82) is 0 Å². The van der Waals surface area contributed by atoms with Gasteiger partial charge in [0, 0.05) is 6.42 Å². The van der Waals surface area contributed by atoms with E-state index in [4.69, 9.17) is 0 Å². The van der Waals surface area contributed by atoms with Gasteiger partial charge in [-0.25, -0.2) is 0 Å². The molecule has 0 aromatic heterocycles. The van der Waals surface area contributed by atoms with Gasteiger partial charge in [-0.15, -0.1) is 0 Å². The third-order valence-corrected chi connectivity index (χ3v) is 2.18. The molecule has 0 aromatic carbocycles. The smallest absolute Gasteiger partial charge is 0.119 e. The molecule has 0 radical (unpaired) electrons. The van der Waals surface area contributed by atoms with E-state index in [2.05, 4.69) is 6.92 Å². The molecule has 0 amide bonds. The zero-order chi connectivity index (χ0) is 9.07. The molecule has 0 aliphatic heterocycles. The average Bonchev–Trinajstić information content (AvgIpc) is 2.10. The molecule has 0 unspecified atom stereocenters. The molecule has 0 heterocycles. The van der Waals surface area contributed by atoms with Gasteiger partial charge in [0.2, 0.25) is 0 Å². The minimum absolute atomic E-state index is 0. The van der Waals surface area contributed by atoms with Crippen LogP contribution in [-0.4, -0.2) is 6.29 Å². The fraction of sp³-hybridized carbons (Fsp3) is 0.917. The van der Waals surface area contributed by atoms with Crippen LogP contribution in [0.5, 0.6) is 0 Å². The van der Waals surface area contributed by atoms with Gasteiger partial charge in [0.15, 0.2) is 0 Å². The summed E-state index contributed by atoms with van der Waals surface area (Å²) in [5.41, 5.74) is 0. The standard InChI is InChI=1S/C11H22O.CH4/c1-2-3-4-5-6-7-8-9-10-11-12;/h11H,2-10H2,1H3;1H4. The number of aldehydes is 1. The first-order chi connectivity index (χ1) is 5.91. The SMILES string of the molecule is C.CCCCCCCCCCC=O. The topological polar surface area (TPSA) is 17.1 Å². The molecule has 13 heavy (non-hydrogen) atoms. The second-order valence-electron chi connectivity index (χ2n) is 3.43. The van der Waals surface area contributed by atoms with E-state index in [0.29, 0.717) is 0 Å². The van der Waals surface area contributed by atoms with E-state index in [1.807, 2.05) is 0 Å². The molecular formula is C12H26O. The third kappa shape index (κ3) is 14.5. The summed E-state index contributed by atoms with van der Waals surface area (Å²) in [4.78, 5) is 9.98. The van der Waals surface area contributed by atoms with E-state index in [-0.39, 0.29) is 7.43 Å². The van der Waals surface area contributed by atoms with Crippen LogP contribution in [0.1, 0.15) is 72.1 Å². The molecule has 0 spiro atoms. The first-order valence-corrected chi connectivity index (χ1v) is 5.35. The number of hydrogen-bond donors (Lipinski definition) is 0. The Morgan fingerprint density at radius 3 is 1.77 bits per heavy atom. The summed E-state index contributed by atoms with van der Waals surface area (Å²) in [6, 6.07) is 0. The Hall–Kier alpha value is -0.330. The lowest BCUT2D eigenvalue weighted by Gasteiger charge is -1.98. The number of rotatable bonds is 9. The summed E-state index contributed by atoms with van der Waals surface area (Å²) in [6.45, 7) is 2.24. The summed E-state index contributed by atoms with van der Waals surface area (Å²) >= 11 is 0. The Bertz CT molecular complexity index is 89.1. The second kappa shape index (κ2) is 14.2. The second-order valence-corrected chi connectivity index (χ2v) is 3.43. The van der Waals surface area contributed by atoms with Gasteiger partial charge in [0.05, 0.1) is 0 Å². The molecule has 0 fully saturated rings. The number of hydrogen-bond acceptors (Lipinski definition) is 1. The Morgan fingerprint density at radius 2 is 1.31 bits per heavy atom. The lowest BCUT2D eigenvalue weighted by Crippen LogP contribution is -1.81. The van der Waals surface area contributed by atoms with E-state index >= 15 is 0 Å². The van der Waals surface area contributed by atoms with Gasteiger partial charge >= 0.3 is 0 Å². The quantitative estimate of drug-likeness (QED) is 0.386. The summed E-state index contributed by atoms with van der Waals surface area (Å²) < 4.78 is 0. The molecule has 0 N–H and O–H groups in total. The van der Waals surface area contributed by atoms with E-state index < -0.39 is 0 Å². The Balaban J connectivity index is 0. The van der Waals surface area contributed by atoms with Gasteiger partial charge in [-0.1, -0.05) is 59.3 Å². The molecule has 1 heteroatoms. The molecule has 0 atom stereocenters. The van der Waals surface area contributed by atoms with Gasteiger partial charge < -0.3 is 4.79 Å². The zero-order valence-electron chi connectivity index (χ0n) is 8.35.